The number of hydrogen-bond donors (Lipinski definition) is 1. The zero-order chi connectivity index (χ0) is 15.4. The van der Waals surface area contributed by atoms with Crippen LogP contribution in [0, 0.1) is 0 Å². The number of rotatable bonds is 6. The molecule has 6 heteroatoms. The van der Waals surface area contributed by atoms with Gasteiger partial charge in [0.2, 0.25) is 5.91 Å². The second-order valence-electron chi connectivity index (χ2n) is 5.74. The Hall–Kier alpha value is -2.08. The molecular weight excluding hydrogens is 280 g/mol. The van der Waals surface area contributed by atoms with E-state index in [9.17, 15) is 4.79 Å². The second-order valence-corrected chi connectivity index (χ2v) is 5.74. The van der Waals surface area contributed by atoms with Gasteiger partial charge in [-0.3, -0.25) is 14.4 Å². The quantitative estimate of drug-likeness (QED) is 0.881. The molecule has 6 nitrogen and oxygen atoms in total. The number of nitrogens with one attached hydrogen (secondary N) is 1. The number of amides is 1. The summed E-state index contributed by atoms with van der Waals surface area (Å²) in [5.74, 6) is 0.818. The minimum Gasteiger partial charge on any atom is -0.467 e. The average molecular weight is 302 g/mol. The maximum atomic E-state index is 12.4. The highest BCUT2D eigenvalue weighted by Crippen LogP contribution is 2.21. The summed E-state index contributed by atoms with van der Waals surface area (Å²) in [7, 11) is 0. The zero-order valence-corrected chi connectivity index (χ0v) is 12.8. The molecule has 1 N–H and O–H groups in total. The molecule has 0 unspecified atom stereocenters. The molecule has 3 rings (SSSR count). The van der Waals surface area contributed by atoms with E-state index in [1.165, 1.54) is 0 Å². The molecule has 1 aliphatic rings. The molecule has 1 amide bonds. The van der Waals surface area contributed by atoms with Crippen molar-refractivity contribution in [1.82, 2.24) is 20.0 Å². The van der Waals surface area contributed by atoms with Gasteiger partial charge in [-0.25, -0.2) is 0 Å². The smallest absolute Gasteiger partial charge is 0.237 e. The fourth-order valence-corrected chi connectivity index (χ4v) is 3.07. The number of carbonyl (C=O) groups is 1. The molecule has 2 atom stereocenters. The topological polar surface area (TPSA) is 63.3 Å². The van der Waals surface area contributed by atoms with Gasteiger partial charge in [0.1, 0.15) is 5.76 Å². The van der Waals surface area contributed by atoms with Crippen LogP contribution in [0.3, 0.4) is 0 Å². The third-order valence-corrected chi connectivity index (χ3v) is 4.27. The highest BCUT2D eigenvalue weighted by atomic mass is 16.3. The molecule has 2 aromatic rings. The van der Waals surface area contributed by atoms with Crippen molar-refractivity contribution < 1.29 is 9.21 Å². The number of hydrogen-bond acceptors (Lipinski definition) is 4. The summed E-state index contributed by atoms with van der Waals surface area (Å²) in [5.41, 5.74) is 0. The van der Waals surface area contributed by atoms with Gasteiger partial charge < -0.3 is 9.73 Å². The summed E-state index contributed by atoms with van der Waals surface area (Å²) in [5, 5.41) is 7.21. The van der Waals surface area contributed by atoms with E-state index in [4.69, 9.17) is 4.42 Å². The van der Waals surface area contributed by atoms with Gasteiger partial charge in [-0.05, 0) is 44.5 Å². The van der Waals surface area contributed by atoms with Crippen molar-refractivity contribution in [3.63, 3.8) is 0 Å². The first-order valence-corrected chi connectivity index (χ1v) is 7.77. The van der Waals surface area contributed by atoms with E-state index in [0.717, 1.165) is 31.7 Å². The molecule has 22 heavy (non-hydrogen) atoms. The summed E-state index contributed by atoms with van der Waals surface area (Å²) in [6, 6.07) is 5.84. The third kappa shape index (κ3) is 3.39. The van der Waals surface area contributed by atoms with Crippen LogP contribution < -0.4 is 5.32 Å². The maximum Gasteiger partial charge on any atom is 0.237 e. The molecule has 0 radical (unpaired) electrons. The standard InChI is InChI=1S/C16H22N4O2/c1-13(16(21)17-11-15-6-3-10-22-15)20-9-2-5-14(20)12-19-8-4-7-18-19/h3-4,6-8,10,13-14H,2,5,9,11-12H2,1H3,(H,17,21)/t13-,14+/m1/s1. The van der Waals surface area contributed by atoms with E-state index in [2.05, 4.69) is 15.3 Å². The minimum absolute atomic E-state index is 0.0452. The lowest BCUT2D eigenvalue weighted by Crippen LogP contribution is -2.48. The summed E-state index contributed by atoms with van der Waals surface area (Å²) in [6.07, 6.45) is 7.61. The Morgan fingerprint density at radius 1 is 1.55 bits per heavy atom. The summed E-state index contributed by atoms with van der Waals surface area (Å²) in [4.78, 5) is 14.6. The third-order valence-electron chi connectivity index (χ3n) is 4.27. The Kier molecular flexibility index (Phi) is 4.58. The molecule has 0 saturated carbocycles. The molecule has 0 bridgehead atoms. The lowest BCUT2D eigenvalue weighted by molar-refractivity contribution is -0.126. The molecule has 0 aliphatic carbocycles. The Labute approximate surface area is 130 Å². The molecule has 1 fully saturated rings. The maximum absolute atomic E-state index is 12.4. The van der Waals surface area contributed by atoms with E-state index in [0.29, 0.717) is 12.6 Å². The molecule has 0 aromatic carbocycles. The van der Waals surface area contributed by atoms with Gasteiger partial charge in [0, 0.05) is 18.4 Å². The fourth-order valence-electron chi connectivity index (χ4n) is 3.07. The summed E-state index contributed by atoms with van der Waals surface area (Å²) in [6.45, 7) is 4.21. The van der Waals surface area contributed by atoms with Crippen LogP contribution in [0.4, 0.5) is 0 Å². The summed E-state index contributed by atoms with van der Waals surface area (Å²) >= 11 is 0. The van der Waals surface area contributed by atoms with E-state index < -0.39 is 0 Å². The van der Waals surface area contributed by atoms with E-state index in [-0.39, 0.29) is 11.9 Å². The Morgan fingerprint density at radius 3 is 3.18 bits per heavy atom. The molecule has 1 aliphatic heterocycles. The van der Waals surface area contributed by atoms with Gasteiger partial charge in [-0.2, -0.15) is 5.10 Å². The molecule has 3 heterocycles. The minimum atomic E-state index is -0.141. The van der Waals surface area contributed by atoms with Crippen molar-refractivity contribution in [3.05, 3.63) is 42.6 Å². The van der Waals surface area contributed by atoms with E-state index >= 15 is 0 Å². The van der Waals surface area contributed by atoms with Gasteiger partial charge in [0.15, 0.2) is 0 Å². The van der Waals surface area contributed by atoms with Crippen LogP contribution in [0.5, 0.6) is 0 Å². The Morgan fingerprint density at radius 2 is 2.45 bits per heavy atom. The fraction of sp³-hybridized carbons (Fsp3) is 0.500. The van der Waals surface area contributed by atoms with Crippen LogP contribution in [0.1, 0.15) is 25.5 Å². The van der Waals surface area contributed by atoms with Crippen molar-refractivity contribution in [2.45, 2.75) is 44.9 Å². The second kappa shape index (κ2) is 6.79. The SMILES string of the molecule is C[C@H](C(=O)NCc1ccco1)N1CCC[C@H]1Cn1cccn1. The van der Waals surface area contributed by atoms with Crippen LogP contribution in [-0.4, -0.2) is 39.2 Å². The molecule has 2 aromatic heterocycles. The van der Waals surface area contributed by atoms with Gasteiger partial charge in [-0.15, -0.1) is 0 Å². The number of carbonyl (C=O) groups excluding carboxylic acids is 1. The largest absolute Gasteiger partial charge is 0.467 e. The Bertz CT molecular complexity index is 579. The lowest BCUT2D eigenvalue weighted by atomic mass is 10.2. The van der Waals surface area contributed by atoms with Crippen molar-refractivity contribution in [3.8, 4) is 0 Å². The van der Waals surface area contributed by atoms with Crippen molar-refractivity contribution in [2.24, 2.45) is 0 Å². The number of likely N-dealkylation sites (tertiary alicyclic amines) is 1. The predicted molar refractivity (Wildman–Crippen MR) is 82.0 cm³/mol. The molecule has 1 saturated heterocycles. The van der Waals surface area contributed by atoms with Crippen molar-refractivity contribution in [2.75, 3.05) is 6.54 Å². The first-order valence-electron chi connectivity index (χ1n) is 7.77. The highest BCUT2D eigenvalue weighted by molar-refractivity contribution is 5.81. The van der Waals surface area contributed by atoms with Gasteiger partial charge in [0.25, 0.3) is 0 Å². The lowest BCUT2D eigenvalue weighted by Gasteiger charge is -2.29. The van der Waals surface area contributed by atoms with Crippen molar-refractivity contribution >= 4 is 5.91 Å². The number of furan rings is 1. The van der Waals surface area contributed by atoms with Gasteiger partial charge in [-0.1, -0.05) is 0 Å². The molecular formula is C16H22N4O2. The highest BCUT2D eigenvalue weighted by Gasteiger charge is 2.32. The first kappa shape index (κ1) is 14.8. The summed E-state index contributed by atoms with van der Waals surface area (Å²) < 4.78 is 7.18. The van der Waals surface area contributed by atoms with Crippen LogP contribution in [0.15, 0.2) is 41.3 Å². The number of nitrogens with zero attached hydrogens (tertiary/aromatic N) is 3. The van der Waals surface area contributed by atoms with E-state index in [1.54, 1.807) is 12.5 Å². The van der Waals surface area contributed by atoms with Crippen LogP contribution in [0.25, 0.3) is 0 Å². The Balaban J connectivity index is 1.55. The monoisotopic (exact) mass is 302 g/mol. The van der Waals surface area contributed by atoms with E-state index in [1.807, 2.05) is 36.0 Å². The van der Waals surface area contributed by atoms with Gasteiger partial charge in [0.05, 0.1) is 25.4 Å². The molecule has 0 spiro atoms. The normalized spacial score (nSPS) is 20.1. The predicted octanol–water partition coefficient (Wildman–Crippen LogP) is 1.65. The van der Waals surface area contributed by atoms with Crippen LogP contribution >= 0.6 is 0 Å². The van der Waals surface area contributed by atoms with Crippen LogP contribution in [0.2, 0.25) is 0 Å². The zero-order valence-electron chi connectivity index (χ0n) is 12.8. The first-order chi connectivity index (χ1) is 10.7. The molecule has 118 valence electrons. The number of aromatic nitrogens is 2. The van der Waals surface area contributed by atoms with Crippen LogP contribution in [-0.2, 0) is 17.9 Å². The van der Waals surface area contributed by atoms with Crippen molar-refractivity contribution in [1.29, 1.82) is 0 Å². The van der Waals surface area contributed by atoms with Gasteiger partial charge >= 0.3 is 0 Å². The average Bonchev–Trinajstić information content (AvgIpc) is 3.27.